The highest BCUT2D eigenvalue weighted by Crippen LogP contribution is 2.54. The fourth-order valence-electron chi connectivity index (χ4n) is 3.51. The average Bonchev–Trinajstić information content (AvgIpc) is 2.76. The summed E-state index contributed by atoms with van der Waals surface area (Å²) in [6, 6.07) is 7.23. The van der Waals surface area contributed by atoms with Crippen LogP contribution in [0.1, 0.15) is 37.2 Å². The smallest absolute Gasteiger partial charge is 0.123 e. The molecule has 2 fully saturated rings. The van der Waals surface area contributed by atoms with E-state index >= 15 is 0 Å². The van der Waals surface area contributed by atoms with Gasteiger partial charge in [-0.3, -0.25) is 0 Å². The molecule has 0 nitrogen and oxygen atoms in total. The first-order chi connectivity index (χ1) is 6.84. The minimum Gasteiger partial charge on any atom is -0.207 e. The Bertz CT molecular complexity index is 325. The third-order valence-corrected chi connectivity index (χ3v) is 4.07. The molecule has 2 aliphatic carbocycles. The molecule has 14 heavy (non-hydrogen) atoms. The van der Waals surface area contributed by atoms with Gasteiger partial charge in [-0.15, -0.1) is 0 Å². The van der Waals surface area contributed by atoms with Crippen LogP contribution < -0.4 is 0 Å². The number of benzene rings is 1. The van der Waals surface area contributed by atoms with E-state index in [2.05, 4.69) is 6.07 Å². The highest BCUT2D eigenvalue weighted by atomic mass is 19.1. The molecule has 0 saturated heterocycles. The lowest BCUT2D eigenvalue weighted by Gasteiger charge is -2.15. The van der Waals surface area contributed by atoms with Crippen LogP contribution in [0.5, 0.6) is 0 Å². The van der Waals surface area contributed by atoms with Gasteiger partial charge in [-0.05, 0) is 61.1 Å². The Morgan fingerprint density at radius 1 is 1.00 bits per heavy atom. The highest BCUT2D eigenvalue weighted by molar-refractivity contribution is 5.25. The van der Waals surface area contributed by atoms with Crippen molar-refractivity contribution in [2.45, 2.75) is 31.6 Å². The largest absolute Gasteiger partial charge is 0.207 e. The predicted molar refractivity (Wildman–Crippen MR) is 54.6 cm³/mol. The molecule has 0 aromatic heterocycles. The van der Waals surface area contributed by atoms with Gasteiger partial charge in [-0.2, -0.15) is 0 Å². The van der Waals surface area contributed by atoms with E-state index < -0.39 is 0 Å². The van der Waals surface area contributed by atoms with Gasteiger partial charge in [0.1, 0.15) is 5.82 Å². The van der Waals surface area contributed by atoms with E-state index in [0.29, 0.717) is 5.92 Å². The van der Waals surface area contributed by atoms with Crippen molar-refractivity contribution in [3.63, 3.8) is 0 Å². The first-order valence-electron chi connectivity index (χ1n) is 5.60. The van der Waals surface area contributed by atoms with Crippen molar-refractivity contribution < 1.29 is 4.39 Å². The van der Waals surface area contributed by atoms with Crippen LogP contribution in [0.3, 0.4) is 0 Å². The van der Waals surface area contributed by atoms with Crippen LogP contribution in [-0.2, 0) is 0 Å². The third-order valence-electron chi connectivity index (χ3n) is 4.07. The summed E-state index contributed by atoms with van der Waals surface area (Å²) in [4.78, 5) is 0. The van der Waals surface area contributed by atoms with Gasteiger partial charge < -0.3 is 0 Å². The molecule has 0 aliphatic heterocycles. The lowest BCUT2D eigenvalue weighted by Crippen LogP contribution is -2.03. The van der Waals surface area contributed by atoms with Gasteiger partial charge in [0.05, 0.1) is 0 Å². The molecule has 3 rings (SSSR count). The van der Waals surface area contributed by atoms with Crippen molar-refractivity contribution in [3.8, 4) is 0 Å². The summed E-state index contributed by atoms with van der Waals surface area (Å²) in [5.41, 5.74) is 1.25. The number of hydrogen-bond acceptors (Lipinski definition) is 0. The monoisotopic (exact) mass is 190 g/mol. The van der Waals surface area contributed by atoms with Crippen molar-refractivity contribution in [1.82, 2.24) is 0 Å². The van der Waals surface area contributed by atoms with Gasteiger partial charge in [0.15, 0.2) is 0 Å². The van der Waals surface area contributed by atoms with Gasteiger partial charge in [-0.25, -0.2) is 4.39 Å². The number of halogens is 1. The molecule has 0 unspecified atom stereocenters. The molecule has 0 amide bonds. The van der Waals surface area contributed by atoms with Crippen LogP contribution in [0.2, 0.25) is 0 Å². The van der Waals surface area contributed by atoms with Gasteiger partial charge in [0.2, 0.25) is 0 Å². The Morgan fingerprint density at radius 2 is 1.64 bits per heavy atom. The Morgan fingerprint density at radius 3 is 2.21 bits per heavy atom. The summed E-state index contributed by atoms with van der Waals surface area (Å²) in [5, 5.41) is 0. The van der Waals surface area contributed by atoms with Crippen LogP contribution in [0, 0.1) is 17.7 Å². The highest BCUT2D eigenvalue weighted by Gasteiger charge is 2.42. The minimum atomic E-state index is -0.0752. The lowest BCUT2D eigenvalue weighted by atomic mass is 9.89. The minimum absolute atomic E-state index is 0.0752. The molecule has 2 saturated carbocycles. The van der Waals surface area contributed by atoms with Crippen molar-refractivity contribution in [2.75, 3.05) is 0 Å². The number of fused-ring (bicyclic) bond motifs is 2. The normalized spacial score (nSPS) is 35.1. The van der Waals surface area contributed by atoms with Crippen LogP contribution in [0.4, 0.5) is 4.39 Å². The van der Waals surface area contributed by atoms with Crippen molar-refractivity contribution in [2.24, 2.45) is 11.8 Å². The summed E-state index contributed by atoms with van der Waals surface area (Å²) in [7, 11) is 0. The predicted octanol–water partition coefficient (Wildman–Crippen LogP) is 3.73. The van der Waals surface area contributed by atoms with E-state index in [-0.39, 0.29) is 5.82 Å². The summed E-state index contributed by atoms with van der Waals surface area (Å²) in [5.74, 6) is 2.29. The van der Waals surface area contributed by atoms with Crippen LogP contribution in [0.25, 0.3) is 0 Å². The fraction of sp³-hybridized carbons (Fsp3) is 0.538. The van der Waals surface area contributed by atoms with E-state index in [4.69, 9.17) is 0 Å². The molecule has 0 atom stereocenters. The summed E-state index contributed by atoms with van der Waals surface area (Å²) >= 11 is 0. The second-order valence-corrected chi connectivity index (χ2v) is 4.76. The Kier molecular flexibility index (Phi) is 1.86. The number of hydrogen-bond donors (Lipinski definition) is 0. The van der Waals surface area contributed by atoms with Crippen LogP contribution in [-0.4, -0.2) is 0 Å². The molecular formula is C13H15F. The molecule has 2 bridgehead atoms. The molecule has 1 heteroatoms. The zero-order chi connectivity index (χ0) is 9.54. The van der Waals surface area contributed by atoms with Gasteiger partial charge in [-0.1, -0.05) is 12.1 Å². The van der Waals surface area contributed by atoms with Crippen molar-refractivity contribution >= 4 is 0 Å². The van der Waals surface area contributed by atoms with Crippen LogP contribution >= 0.6 is 0 Å². The standard InChI is InChI=1S/C13H15F/c14-12-3-1-2-11(8-12)13-9-4-5-10(13)7-6-9/h1-3,8-10,13H,4-7H2. The second-order valence-electron chi connectivity index (χ2n) is 4.76. The first kappa shape index (κ1) is 8.46. The summed E-state index contributed by atoms with van der Waals surface area (Å²) in [6.45, 7) is 0. The second kappa shape index (κ2) is 3.08. The molecule has 1 aromatic carbocycles. The van der Waals surface area contributed by atoms with E-state index in [9.17, 15) is 4.39 Å². The summed E-state index contributed by atoms with van der Waals surface area (Å²) < 4.78 is 13.1. The lowest BCUT2D eigenvalue weighted by molar-refractivity contribution is 0.480. The Labute approximate surface area is 84.1 Å². The Hall–Kier alpha value is -0.850. The molecule has 74 valence electrons. The Balaban J connectivity index is 1.95. The SMILES string of the molecule is Fc1cccc(C2C3CCC2CC3)c1. The topological polar surface area (TPSA) is 0 Å². The molecule has 0 spiro atoms. The van der Waals surface area contributed by atoms with Crippen molar-refractivity contribution in [3.05, 3.63) is 35.6 Å². The zero-order valence-corrected chi connectivity index (χ0v) is 8.25. The first-order valence-corrected chi connectivity index (χ1v) is 5.60. The van der Waals surface area contributed by atoms with E-state index in [1.807, 2.05) is 6.07 Å². The zero-order valence-electron chi connectivity index (χ0n) is 8.25. The number of rotatable bonds is 1. The van der Waals surface area contributed by atoms with E-state index in [0.717, 1.165) is 11.8 Å². The van der Waals surface area contributed by atoms with Crippen molar-refractivity contribution in [1.29, 1.82) is 0 Å². The van der Waals surface area contributed by atoms with Gasteiger partial charge >= 0.3 is 0 Å². The summed E-state index contributed by atoms with van der Waals surface area (Å²) in [6.07, 6.45) is 5.47. The molecule has 2 aliphatic rings. The van der Waals surface area contributed by atoms with Gasteiger partial charge in [0.25, 0.3) is 0 Å². The molecule has 1 aromatic rings. The van der Waals surface area contributed by atoms with Gasteiger partial charge in [0, 0.05) is 0 Å². The van der Waals surface area contributed by atoms with E-state index in [1.165, 1.54) is 31.2 Å². The molecular weight excluding hydrogens is 175 g/mol. The average molecular weight is 190 g/mol. The van der Waals surface area contributed by atoms with E-state index in [1.54, 1.807) is 12.1 Å². The molecule has 0 N–H and O–H groups in total. The molecule has 0 radical (unpaired) electrons. The maximum atomic E-state index is 13.1. The fourth-order valence-corrected chi connectivity index (χ4v) is 3.51. The maximum absolute atomic E-state index is 13.1. The maximum Gasteiger partial charge on any atom is 0.123 e. The quantitative estimate of drug-likeness (QED) is 0.633. The third kappa shape index (κ3) is 1.18. The molecule has 0 heterocycles. The van der Waals surface area contributed by atoms with Crippen LogP contribution in [0.15, 0.2) is 24.3 Å².